The van der Waals surface area contributed by atoms with E-state index in [-0.39, 0.29) is 19.0 Å². The number of ether oxygens (including phenoxy) is 2. The van der Waals surface area contributed by atoms with Gasteiger partial charge >= 0.3 is 0 Å². The molecule has 1 aliphatic rings. The molecule has 33 heavy (non-hydrogen) atoms. The maximum absolute atomic E-state index is 13.1. The average Bonchev–Trinajstić information content (AvgIpc) is 3.33. The quantitative estimate of drug-likeness (QED) is 0.458. The number of piperidine rings is 1. The summed E-state index contributed by atoms with van der Waals surface area (Å²) in [5.41, 5.74) is -0.342. The van der Waals surface area contributed by atoms with Crippen LogP contribution in [-0.2, 0) is 13.1 Å². The maximum atomic E-state index is 13.1. The zero-order valence-corrected chi connectivity index (χ0v) is 18.5. The predicted octanol–water partition coefficient (Wildman–Crippen LogP) is 2.87. The zero-order chi connectivity index (χ0) is 23.1. The lowest BCUT2D eigenvalue weighted by molar-refractivity contribution is -0.140. The lowest BCUT2D eigenvalue weighted by atomic mass is 9.90. The highest BCUT2D eigenvalue weighted by atomic mass is 19.1. The van der Waals surface area contributed by atoms with Crippen molar-refractivity contribution in [2.75, 3.05) is 26.3 Å². The Morgan fingerprint density at radius 2 is 1.94 bits per heavy atom. The van der Waals surface area contributed by atoms with Gasteiger partial charge in [0.15, 0.2) is 0 Å². The number of aliphatic hydroxyl groups is 2. The SMILES string of the molecule is O[C@H]1CCN(Cc2cccc(OCCCn3cccn3)c2)C[C@]1(O)COc1ccc(F)cc1. The number of aryl methyl sites for hydroxylation is 1. The maximum Gasteiger partial charge on any atom is 0.137 e. The van der Waals surface area contributed by atoms with Crippen molar-refractivity contribution in [3.63, 3.8) is 0 Å². The van der Waals surface area contributed by atoms with Crippen LogP contribution in [0.5, 0.6) is 11.5 Å². The van der Waals surface area contributed by atoms with Crippen LogP contribution < -0.4 is 9.47 Å². The van der Waals surface area contributed by atoms with E-state index in [0.717, 1.165) is 24.3 Å². The van der Waals surface area contributed by atoms with Crippen molar-refractivity contribution in [2.24, 2.45) is 0 Å². The van der Waals surface area contributed by atoms with Gasteiger partial charge in [0.1, 0.15) is 29.5 Å². The van der Waals surface area contributed by atoms with Crippen LogP contribution in [0.25, 0.3) is 0 Å². The van der Waals surface area contributed by atoms with Crippen molar-refractivity contribution in [3.8, 4) is 11.5 Å². The Balaban J connectivity index is 1.28. The largest absolute Gasteiger partial charge is 0.494 e. The number of likely N-dealkylation sites (tertiary alicyclic amines) is 1. The van der Waals surface area contributed by atoms with E-state index in [0.29, 0.717) is 31.9 Å². The molecule has 176 valence electrons. The molecule has 1 saturated heterocycles. The molecule has 0 saturated carbocycles. The van der Waals surface area contributed by atoms with Crippen molar-refractivity contribution >= 4 is 0 Å². The Kier molecular flexibility index (Phi) is 7.59. The molecule has 8 heteroatoms. The van der Waals surface area contributed by atoms with Gasteiger partial charge in [-0.25, -0.2) is 4.39 Å². The monoisotopic (exact) mass is 455 g/mol. The molecule has 2 atom stereocenters. The van der Waals surface area contributed by atoms with E-state index in [1.54, 1.807) is 6.20 Å². The van der Waals surface area contributed by atoms with E-state index in [2.05, 4.69) is 10.00 Å². The normalized spacial score (nSPS) is 21.1. The third kappa shape index (κ3) is 6.54. The molecule has 0 bridgehead atoms. The molecular weight excluding hydrogens is 425 g/mol. The smallest absolute Gasteiger partial charge is 0.137 e. The highest BCUT2D eigenvalue weighted by Crippen LogP contribution is 2.26. The summed E-state index contributed by atoms with van der Waals surface area (Å²) in [6, 6.07) is 15.4. The average molecular weight is 456 g/mol. The van der Waals surface area contributed by atoms with Crippen LogP contribution in [0.2, 0.25) is 0 Å². The number of hydrogen-bond donors (Lipinski definition) is 2. The molecule has 3 aromatic rings. The fourth-order valence-electron chi connectivity index (χ4n) is 4.00. The summed E-state index contributed by atoms with van der Waals surface area (Å²) < 4.78 is 26.5. The number of aromatic nitrogens is 2. The van der Waals surface area contributed by atoms with Gasteiger partial charge in [-0.05, 0) is 54.4 Å². The van der Waals surface area contributed by atoms with Gasteiger partial charge in [-0.15, -0.1) is 0 Å². The van der Waals surface area contributed by atoms with E-state index in [4.69, 9.17) is 9.47 Å². The van der Waals surface area contributed by atoms with Crippen molar-refractivity contribution in [1.82, 2.24) is 14.7 Å². The molecule has 7 nitrogen and oxygen atoms in total. The Morgan fingerprint density at radius 1 is 1.09 bits per heavy atom. The van der Waals surface area contributed by atoms with Crippen LogP contribution in [0.4, 0.5) is 4.39 Å². The summed E-state index contributed by atoms with van der Waals surface area (Å²) in [5, 5.41) is 25.7. The summed E-state index contributed by atoms with van der Waals surface area (Å²) in [5.74, 6) is 0.903. The highest BCUT2D eigenvalue weighted by molar-refractivity contribution is 5.28. The van der Waals surface area contributed by atoms with Crippen LogP contribution in [-0.4, -0.2) is 62.9 Å². The fourth-order valence-corrected chi connectivity index (χ4v) is 4.00. The second kappa shape index (κ2) is 10.8. The van der Waals surface area contributed by atoms with Gasteiger partial charge in [0.05, 0.1) is 12.7 Å². The van der Waals surface area contributed by atoms with Crippen LogP contribution in [0, 0.1) is 5.82 Å². The van der Waals surface area contributed by atoms with E-state index < -0.39 is 11.7 Å². The van der Waals surface area contributed by atoms with Gasteiger partial charge in [0.2, 0.25) is 0 Å². The summed E-state index contributed by atoms with van der Waals surface area (Å²) >= 11 is 0. The molecule has 0 unspecified atom stereocenters. The molecule has 1 aromatic heterocycles. The first kappa shape index (κ1) is 23.2. The molecule has 0 aliphatic carbocycles. The minimum absolute atomic E-state index is 0.0737. The third-order valence-corrected chi connectivity index (χ3v) is 5.80. The number of nitrogens with zero attached hydrogens (tertiary/aromatic N) is 3. The minimum atomic E-state index is -1.41. The van der Waals surface area contributed by atoms with E-state index in [1.165, 1.54) is 24.3 Å². The summed E-state index contributed by atoms with van der Waals surface area (Å²) in [6.45, 7) is 2.88. The van der Waals surface area contributed by atoms with Crippen LogP contribution >= 0.6 is 0 Å². The predicted molar refractivity (Wildman–Crippen MR) is 122 cm³/mol. The van der Waals surface area contributed by atoms with E-state index in [9.17, 15) is 14.6 Å². The molecule has 0 spiro atoms. The number of benzene rings is 2. The first-order valence-corrected chi connectivity index (χ1v) is 11.2. The van der Waals surface area contributed by atoms with Crippen molar-refractivity contribution < 1.29 is 24.1 Å². The molecule has 2 N–H and O–H groups in total. The van der Waals surface area contributed by atoms with Gasteiger partial charge in [0, 0.05) is 45.0 Å². The first-order valence-electron chi connectivity index (χ1n) is 11.2. The van der Waals surface area contributed by atoms with Gasteiger partial charge < -0.3 is 19.7 Å². The Bertz CT molecular complexity index is 999. The van der Waals surface area contributed by atoms with Crippen LogP contribution in [0.1, 0.15) is 18.4 Å². The molecule has 2 heterocycles. The Morgan fingerprint density at radius 3 is 2.73 bits per heavy atom. The second-order valence-electron chi connectivity index (χ2n) is 8.48. The number of β-amino-alcohol motifs (C(OH)–C–C–N with tert-alkyl or cyclic N) is 1. The van der Waals surface area contributed by atoms with Gasteiger partial charge in [0.25, 0.3) is 0 Å². The lowest BCUT2D eigenvalue weighted by Gasteiger charge is -2.42. The topological polar surface area (TPSA) is 80.0 Å². The Hall–Kier alpha value is -2.94. The molecule has 0 amide bonds. The summed E-state index contributed by atoms with van der Waals surface area (Å²) in [7, 11) is 0. The number of hydrogen-bond acceptors (Lipinski definition) is 6. The highest BCUT2D eigenvalue weighted by Gasteiger charge is 2.42. The number of halogens is 1. The second-order valence-corrected chi connectivity index (χ2v) is 8.48. The fraction of sp³-hybridized carbons (Fsp3) is 0.400. The standard InChI is InChI=1S/C25H30FN3O4/c26-21-6-8-22(9-7-21)33-19-25(31)18-28(14-10-24(25)30)17-20-4-1-5-23(16-20)32-15-3-13-29-12-2-11-27-29/h1-2,4-9,11-12,16,24,30-31H,3,10,13-15,17-19H2/t24-,25-/m0/s1. The zero-order valence-electron chi connectivity index (χ0n) is 18.5. The molecule has 0 radical (unpaired) electrons. The Labute approximate surface area is 193 Å². The molecule has 2 aromatic carbocycles. The molecule has 1 aliphatic heterocycles. The summed E-state index contributed by atoms with van der Waals surface area (Å²) in [4.78, 5) is 2.09. The van der Waals surface area contributed by atoms with E-state index >= 15 is 0 Å². The van der Waals surface area contributed by atoms with Crippen molar-refractivity contribution in [3.05, 3.63) is 78.4 Å². The van der Waals surface area contributed by atoms with Gasteiger partial charge in [-0.3, -0.25) is 9.58 Å². The number of aliphatic hydroxyl groups excluding tert-OH is 1. The first-order chi connectivity index (χ1) is 16.0. The summed E-state index contributed by atoms with van der Waals surface area (Å²) in [6.07, 6.45) is 4.10. The van der Waals surface area contributed by atoms with Crippen molar-refractivity contribution in [2.45, 2.75) is 37.6 Å². The molecule has 4 rings (SSSR count). The van der Waals surface area contributed by atoms with Crippen LogP contribution in [0.3, 0.4) is 0 Å². The third-order valence-electron chi connectivity index (χ3n) is 5.80. The van der Waals surface area contributed by atoms with Crippen LogP contribution in [0.15, 0.2) is 67.0 Å². The number of rotatable bonds is 10. The molecule has 1 fully saturated rings. The lowest BCUT2D eigenvalue weighted by Crippen LogP contribution is -2.59. The van der Waals surface area contributed by atoms with Gasteiger partial charge in [-0.1, -0.05) is 12.1 Å². The minimum Gasteiger partial charge on any atom is -0.494 e. The van der Waals surface area contributed by atoms with Gasteiger partial charge in [-0.2, -0.15) is 5.10 Å². The van der Waals surface area contributed by atoms with Crippen molar-refractivity contribution in [1.29, 1.82) is 0 Å². The molecular formula is C25H30FN3O4. The van der Waals surface area contributed by atoms with E-state index in [1.807, 2.05) is 41.2 Å².